The quantitative estimate of drug-likeness (QED) is 0.0206. The number of nitrogens with one attached hydrogen (secondary N) is 4. The fourth-order valence-electron chi connectivity index (χ4n) is 12.2. The van der Waals surface area contributed by atoms with Gasteiger partial charge in [-0.1, -0.05) is 55.0 Å². The zero-order valence-corrected chi connectivity index (χ0v) is 49.3. The lowest BCUT2D eigenvalue weighted by molar-refractivity contribution is -0.384. The van der Waals surface area contributed by atoms with Gasteiger partial charge in [0.1, 0.15) is 28.9 Å². The van der Waals surface area contributed by atoms with Gasteiger partial charge in [-0.15, -0.1) is 0 Å². The number of nitro groups is 1. The third-order valence-corrected chi connectivity index (χ3v) is 18.7. The highest BCUT2D eigenvalue weighted by molar-refractivity contribution is 7.90. The van der Waals surface area contributed by atoms with Crippen molar-refractivity contribution in [3.05, 3.63) is 152 Å². The third-order valence-electron chi connectivity index (χ3n) is 17.1. The van der Waals surface area contributed by atoms with Crippen LogP contribution in [0.5, 0.6) is 11.5 Å². The molecule has 85 heavy (non-hydrogen) atoms. The van der Waals surface area contributed by atoms with Crippen molar-refractivity contribution in [2.75, 3.05) is 69.1 Å². The number of hydrogen-bond donors (Lipinski definition) is 4. The summed E-state index contributed by atoms with van der Waals surface area (Å²) in [5.41, 5.74) is 7.61. The second kappa shape index (κ2) is 25.2. The number of fused-ring (bicyclic) bond motifs is 2. The molecule has 0 bridgehead atoms. The number of benzene rings is 4. The largest absolute Gasteiger partial charge is 0.455 e. The molecule has 1 aliphatic carbocycles. The van der Waals surface area contributed by atoms with E-state index in [1.54, 1.807) is 36.5 Å². The number of aromatic nitrogens is 2. The van der Waals surface area contributed by atoms with E-state index in [0.717, 1.165) is 118 Å². The van der Waals surface area contributed by atoms with E-state index in [4.69, 9.17) is 16.3 Å². The van der Waals surface area contributed by atoms with Crippen molar-refractivity contribution in [1.29, 1.82) is 0 Å². The highest BCUT2D eigenvalue weighted by atomic mass is 35.5. The van der Waals surface area contributed by atoms with E-state index < -0.39 is 43.4 Å². The Labute approximate surface area is 499 Å². The van der Waals surface area contributed by atoms with Crippen LogP contribution in [0, 0.1) is 33.3 Å². The van der Waals surface area contributed by atoms with E-state index in [0.29, 0.717) is 56.0 Å². The number of hydrogen-bond acceptors (Lipinski definition) is 14. The predicted molar refractivity (Wildman–Crippen MR) is 326 cm³/mol. The van der Waals surface area contributed by atoms with Gasteiger partial charge >= 0.3 is 0 Å². The maximum absolute atomic E-state index is 14.1. The van der Waals surface area contributed by atoms with Crippen LogP contribution in [0.25, 0.3) is 16.6 Å². The summed E-state index contributed by atoms with van der Waals surface area (Å²) in [5.74, 6) is 5.23. The zero-order valence-electron chi connectivity index (χ0n) is 47.8. The molecule has 442 valence electrons. The minimum Gasteiger partial charge on any atom is -0.455 e. The van der Waals surface area contributed by atoms with Gasteiger partial charge in [-0.25, -0.2) is 18.1 Å². The number of halogens is 1. The summed E-state index contributed by atoms with van der Waals surface area (Å²) in [6.07, 6.45) is 11.3. The number of allylic oxidation sites excluding steroid dienone is 1. The molecule has 0 saturated carbocycles. The van der Waals surface area contributed by atoms with Crippen molar-refractivity contribution < 1.29 is 37.3 Å². The summed E-state index contributed by atoms with van der Waals surface area (Å²) in [7, 11) is -4.62. The maximum atomic E-state index is 14.1. The van der Waals surface area contributed by atoms with Crippen LogP contribution >= 0.6 is 11.6 Å². The number of carbonyl (C=O) groups is 4. The van der Waals surface area contributed by atoms with Gasteiger partial charge in [0, 0.05) is 104 Å². The van der Waals surface area contributed by atoms with E-state index >= 15 is 0 Å². The average Bonchev–Trinajstić information content (AvgIpc) is 4.34. The Kier molecular flexibility index (Phi) is 17.4. The molecule has 1 atom stereocenters. The molecule has 0 radical (unpaired) electrons. The maximum Gasteiger partial charge on any atom is 0.293 e. The summed E-state index contributed by atoms with van der Waals surface area (Å²) < 4.78 is 36.5. The summed E-state index contributed by atoms with van der Waals surface area (Å²) in [6, 6.07) is 25.3. The Balaban J connectivity index is 0.673. The first-order chi connectivity index (χ1) is 40.9. The number of sulfonamides is 1. The van der Waals surface area contributed by atoms with Gasteiger partial charge in [-0.3, -0.25) is 39.5 Å². The molecule has 4 N–H and O–H groups in total. The van der Waals surface area contributed by atoms with E-state index in [1.807, 2.05) is 30.3 Å². The normalized spacial score (nSPS) is 18.7. The summed E-state index contributed by atoms with van der Waals surface area (Å²) in [5, 5.41) is 19.5. The molecule has 3 fully saturated rings. The molecule has 4 aromatic carbocycles. The van der Waals surface area contributed by atoms with Crippen molar-refractivity contribution in [1.82, 2.24) is 34.7 Å². The molecule has 19 nitrogen and oxygen atoms in total. The standard InChI is InChI=1S/C64H69ClN10O9S/c1-64(2)24-20-46(54(37-64)44-9-11-48(65)12-10-44)40-72-29-31-73(32-30-72)49-13-16-53(58(35-49)84-50-34-45-21-25-66-60(45)68-39-50)61(77)70-85(82,83)51-14-17-55(57(36-51)75(80)81)67-38-43-22-27-71(28-23-43)26-6-4-3-5-7-42-8-15-52-47(33-42)41-74(63(52)79)56-18-19-59(76)69-62(56)78/h8-17,21,25,33-36,39,43,56,67H,3-4,6,18-20,22-24,26-32,37-38,40-41H2,1-2H3,(H,66,68)(H,70,77)(H,69,76,78). The van der Waals surface area contributed by atoms with Gasteiger partial charge in [0.05, 0.1) is 21.6 Å². The molecule has 4 amide bonds. The smallest absolute Gasteiger partial charge is 0.293 e. The van der Waals surface area contributed by atoms with Gasteiger partial charge in [-0.05, 0) is 166 Å². The summed E-state index contributed by atoms with van der Waals surface area (Å²) in [6.45, 7) is 12.0. The van der Waals surface area contributed by atoms with Crippen LogP contribution < -0.4 is 25.0 Å². The fraction of sp³-hybridized carbons (Fsp3) is 0.391. The molecule has 0 spiro atoms. The SMILES string of the molecule is CC1(C)CCC(CN2CCN(c3ccc(C(=O)NS(=O)(=O)c4ccc(NCC5CCN(CCCCC#Cc6ccc7c(c6)CN(C6CCC(=O)NC6=O)C7=O)CC5)c([N+](=O)[O-])c4)c(Oc4cnc5[nH]ccc5c4)c3)CC2)=C(c2ccc(Cl)cc2)C1. The van der Waals surface area contributed by atoms with Crippen LogP contribution in [0.1, 0.15) is 115 Å². The number of anilines is 2. The minimum atomic E-state index is -4.62. The highest BCUT2D eigenvalue weighted by Crippen LogP contribution is 2.44. The van der Waals surface area contributed by atoms with Crippen LogP contribution in [-0.4, -0.2) is 127 Å². The van der Waals surface area contributed by atoms with Gasteiger partial charge in [0.25, 0.3) is 27.5 Å². The fourth-order valence-corrected chi connectivity index (χ4v) is 13.3. The molecule has 3 saturated heterocycles. The second-order valence-corrected chi connectivity index (χ2v) is 25.7. The number of rotatable bonds is 18. The molecular weight excluding hydrogens is 1120 g/mol. The van der Waals surface area contributed by atoms with E-state index in [2.05, 4.69) is 77.8 Å². The monoisotopic (exact) mass is 1190 g/mol. The van der Waals surface area contributed by atoms with Crippen LogP contribution in [-0.2, 0) is 26.2 Å². The molecule has 4 aliphatic heterocycles. The molecule has 1 unspecified atom stereocenters. The molecule has 2 aromatic heterocycles. The number of aromatic amines is 1. The lowest BCUT2D eigenvalue weighted by Crippen LogP contribution is -2.52. The Morgan fingerprint density at radius 2 is 1.71 bits per heavy atom. The third kappa shape index (κ3) is 13.9. The van der Waals surface area contributed by atoms with E-state index in [1.165, 1.54) is 39.9 Å². The van der Waals surface area contributed by atoms with E-state index in [-0.39, 0.29) is 46.6 Å². The lowest BCUT2D eigenvalue weighted by Gasteiger charge is -2.39. The number of unbranched alkanes of at least 4 members (excludes halogenated alkanes) is 2. The number of likely N-dealkylation sites (tertiary alicyclic amines) is 1. The van der Waals surface area contributed by atoms with Gasteiger partial charge in [-0.2, -0.15) is 0 Å². The van der Waals surface area contributed by atoms with Crippen LogP contribution in [0.15, 0.2) is 114 Å². The predicted octanol–water partition coefficient (Wildman–Crippen LogP) is 9.93. The first-order valence-corrected chi connectivity index (χ1v) is 31.1. The number of carbonyl (C=O) groups excluding carboxylic acids is 4. The minimum absolute atomic E-state index is 0.0531. The van der Waals surface area contributed by atoms with Crippen molar-refractivity contribution in [2.24, 2.45) is 11.3 Å². The number of piperidine rings is 2. The first-order valence-electron chi connectivity index (χ1n) is 29.2. The van der Waals surface area contributed by atoms with Crippen molar-refractivity contribution in [3.8, 4) is 23.3 Å². The van der Waals surface area contributed by atoms with Crippen molar-refractivity contribution in [2.45, 2.75) is 95.5 Å². The topological polar surface area (TPSA) is 233 Å². The summed E-state index contributed by atoms with van der Waals surface area (Å²) >= 11 is 6.27. The number of H-pyrrole nitrogens is 1. The van der Waals surface area contributed by atoms with Gasteiger partial charge in [0.15, 0.2) is 0 Å². The number of amides is 4. The first kappa shape index (κ1) is 58.7. The van der Waals surface area contributed by atoms with Crippen LogP contribution in [0.2, 0.25) is 5.02 Å². The average molecular weight is 1190 g/mol. The van der Waals surface area contributed by atoms with E-state index in [9.17, 15) is 37.7 Å². The Hall–Kier alpha value is -8.09. The number of ether oxygens (including phenoxy) is 1. The zero-order chi connectivity index (χ0) is 59.4. The van der Waals surface area contributed by atoms with Gasteiger partial charge in [0.2, 0.25) is 11.8 Å². The number of nitrogens with zero attached hydrogens (tertiary/aromatic N) is 6. The van der Waals surface area contributed by atoms with Gasteiger partial charge < -0.3 is 29.7 Å². The van der Waals surface area contributed by atoms with Crippen molar-refractivity contribution >= 4 is 78.9 Å². The molecule has 5 aliphatic rings. The molecule has 21 heteroatoms. The number of imide groups is 1. The number of nitro benzene ring substituents is 1. The number of pyridine rings is 1. The van der Waals surface area contributed by atoms with Crippen molar-refractivity contribution in [3.63, 3.8) is 0 Å². The lowest BCUT2D eigenvalue weighted by atomic mass is 9.72. The second-order valence-electron chi connectivity index (χ2n) is 23.6. The summed E-state index contributed by atoms with van der Waals surface area (Å²) in [4.78, 5) is 78.8. The Bertz CT molecular complexity index is 3780. The van der Waals surface area contributed by atoms with Crippen LogP contribution in [0.4, 0.5) is 17.1 Å². The Morgan fingerprint density at radius 1 is 0.906 bits per heavy atom. The Morgan fingerprint density at radius 3 is 2.48 bits per heavy atom. The molecular formula is C64H69ClN10O9S. The highest BCUT2D eigenvalue weighted by Gasteiger charge is 2.39. The molecule has 6 heterocycles. The molecule has 11 rings (SSSR count). The number of piperazine rings is 1. The molecule has 6 aromatic rings. The van der Waals surface area contributed by atoms with Crippen LogP contribution in [0.3, 0.4) is 0 Å².